The molecular weight excluding hydrogens is 378 g/mol. The molecule has 2 unspecified atom stereocenters. The number of ether oxygens (including phenoxy) is 1. The Kier molecular flexibility index (Phi) is 7.16. The fraction of sp³-hybridized carbons (Fsp3) is 0.704. The third-order valence-electron chi connectivity index (χ3n) is 8.33. The molecule has 2 fully saturated rings. The van der Waals surface area contributed by atoms with Crippen molar-refractivity contribution in [3.8, 4) is 5.75 Å². The van der Waals surface area contributed by atoms with Crippen LogP contribution >= 0.6 is 0 Å². The molecule has 3 aliphatic rings. The number of hydrogen-bond acceptors (Lipinski definition) is 1. The molecule has 0 aliphatic heterocycles. The van der Waals surface area contributed by atoms with Crippen LogP contribution in [-0.4, -0.2) is 6.61 Å². The first kappa shape index (κ1) is 21.8. The van der Waals surface area contributed by atoms with Crippen molar-refractivity contribution in [1.82, 2.24) is 0 Å². The van der Waals surface area contributed by atoms with Gasteiger partial charge in [-0.15, -0.1) is 0 Å². The van der Waals surface area contributed by atoms with E-state index in [1.165, 1.54) is 51.4 Å². The lowest BCUT2D eigenvalue weighted by atomic mass is 9.66. The van der Waals surface area contributed by atoms with Crippen molar-refractivity contribution in [2.45, 2.75) is 84.0 Å². The summed E-state index contributed by atoms with van der Waals surface area (Å²) in [6.07, 6.45) is 17.7. The summed E-state index contributed by atoms with van der Waals surface area (Å²) < 4.78 is 34.0. The zero-order chi connectivity index (χ0) is 21.1. The Bertz CT molecular complexity index is 727. The van der Waals surface area contributed by atoms with Crippen molar-refractivity contribution >= 4 is 0 Å². The third kappa shape index (κ3) is 4.75. The maximum atomic E-state index is 14.6. The highest BCUT2D eigenvalue weighted by Gasteiger charge is 2.33. The zero-order valence-corrected chi connectivity index (χ0v) is 18.7. The van der Waals surface area contributed by atoms with Crippen LogP contribution in [0.5, 0.6) is 5.75 Å². The predicted molar refractivity (Wildman–Crippen MR) is 119 cm³/mol. The van der Waals surface area contributed by atoms with Gasteiger partial charge in [-0.1, -0.05) is 38.0 Å². The molecule has 0 N–H and O–H groups in total. The molecule has 30 heavy (non-hydrogen) atoms. The lowest BCUT2D eigenvalue weighted by Gasteiger charge is -2.39. The summed E-state index contributed by atoms with van der Waals surface area (Å²) in [5, 5.41) is 0. The maximum absolute atomic E-state index is 14.6. The molecule has 4 rings (SSSR count). The second kappa shape index (κ2) is 9.83. The van der Waals surface area contributed by atoms with Gasteiger partial charge in [-0.2, -0.15) is 4.39 Å². The van der Waals surface area contributed by atoms with Gasteiger partial charge in [0.2, 0.25) is 5.82 Å². The number of benzene rings is 1. The fourth-order valence-corrected chi connectivity index (χ4v) is 6.40. The molecule has 0 heterocycles. The van der Waals surface area contributed by atoms with Crippen molar-refractivity contribution in [1.29, 1.82) is 0 Å². The quantitative estimate of drug-likeness (QED) is 0.441. The topological polar surface area (TPSA) is 9.23 Å². The highest BCUT2D eigenvalue weighted by Crippen LogP contribution is 2.45. The van der Waals surface area contributed by atoms with Crippen molar-refractivity contribution in [3.63, 3.8) is 0 Å². The Morgan fingerprint density at radius 2 is 1.40 bits per heavy atom. The number of allylic oxidation sites excluding steroid dienone is 2. The van der Waals surface area contributed by atoms with Crippen molar-refractivity contribution < 1.29 is 13.5 Å². The molecule has 1 aromatic rings. The van der Waals surface area contributed by atoms with Crippen LogP contribution in [0.15, 0.2) is 24.3 Å². The molecule has 166 valence electrons. The van der Waals surface area contributed by atoms with E-state index >= 15 is 0 Å². The van der Waals surface area contributed by atoms with Gasteiger partial charge in [-0.05, 0) is 99.5 Å². The normalized spacial score (nSPS) is 34.7. The van der Waals surface area contributed by atoms with E-state index < -0.39 is 11.6 Å². The third-order valence-corrected chi connectivity index (χ3v) is 8.33. The lowest BCUT2D eigenvalue weighted by Crippen LogP contribution is -2.28. The van der Waals surface area contributed by atoms with Gasteiger partial charge in [0.25, 0.3) is 0 Å². The largest absolute Gasteiger partial charge is 0.491 e. The summed E-state index contributed by atoms with van der Waals surface area (Å²) in [5.74, 6) is 2.67. The van der Waals surface area contributed by atoms with E-state index in [4.69, 9.17) is 4.74 Å². The molecule has 1 aromatic carbocycles. The number of rotatable bonds is 5. The minimum absolute atomic E-state index is 0.0144. The van der Waals surface area contributed by atoms with Gasteiger partial charge in [0, 0.05) is 5.92 Å². The van der Waals surface area contributed by atoms with Gasteiger partial charge in [0.1, 0.15) is 0 Å². The minimum Gasteiger partial charge on any atom is -0.491 e. The minimum atomic E-state index is -0.847. The fourth-order valence-electron chi connectivity index (χ4n) is 6.40. The first-order valence-corrected chi connectivity index (χ1v) is 12.4. The molecule has 0 bridgehead atoms. The van der Waals surface area contributed by atoms with Crippen molar-refractivity contribution in [2.75, 3.05) is 6.61 Å². The average Bonchev–Trinajstić information content (AvgIpc) is 2.78. The predicted octanol–water partition coefficient (Wildman–Crippen LogP) is 8.05. The summed E-state index contributed by atoms with van der Waals surface area (Å²) in [7, 11) is 0. The molecule has 2 atom stereocenters. The van der Waals surface area contributed by atoms with Gasteiger partial charge in [0.15, 0.2) is 11.6 Å². The molecule has 3 heteroatoms. The van der Waals surface area contributed by atoms with E-state index in [9.17, 15) is 8.78 Å². The van der Waals surface area contributed by atoms with E-state index in [2.05, 4.69) is 19.1 Å². The molecule has 3 aliphatic carbocycles. The Labute approximate surface area is 181 Å². The van der Waals surface area contributed by atoms with E-state index in [-0.39, 0.29) is 11.7 Å². The second-order valence-corrected chi connectivity index (χ2v) is 10.1. The van der Waals surface area contributed by atoms with E-state index in [0.29, 0.717) is 18.1 Å². The SMILES string of the molecule is CCOc1ccc(C2C=CC(C3CCC(C4CCC(C)CC4)CC3)CC2)c(F)c1F. The summed E-state index contributed by atoms with van der Waals surface area (Å²) >= 11 is 0. The molecule has 0 saturated heterocycles. The summed E-state index contributed by atoms with van der Waals surface area (Å²) in [6.45, 7) is 4.52. The Hall–Kier alpha value is -1.38. The molecule has 1 nitrogen and oxygen atoms in total. The Morgan fingerprint density at radius 3 is 2.00 bits per heavy atom. The van der Waals surface area contributed by atoms with Gasteiger partial charge in [-0.25, -0.2) is 4.39 Å². The van der Waals surface area contributed by atoms with Crippen molar-refractivity contribution in [3.05, 3.63) is 41.5 Å². The van der Waals surface area contributed by atoms with Crippen LogP contribution in [0.1, 0.15) is 89.5 Å². The lowest BCUT2D eigenvalue weighted by molar-refractivity contribution is 0.133. The Balaban J connectivity index is 1.32. The standard InChI is InChI=1S/C27H38F2O/c1-3-30-25-17-16-24(26(28)27(25)29)23-14-12-22(13-15-23)21-10-8-20(9-11-21)19-6-4-18(2)5-7-19/h12,14,16-23H,3-11,13,15H2,1-2H3. The first-order chi connectivity index (χ1) is 14.6. The molecule has 0 radical (unpaired) electrons. The molecular formula is C27H38F2O. The van der Waals surface area contributed by atoms with Crippen LogP contribution in [0.25, 0.3) is 0 Å². The second-order valence-electron chi connectivity index (χ2n) is 10.1. The molecule has 2 saturated carbocycles. The Morgan fingerprint density at radius 1 is 0.767 bits per heavy atom. The van der Waals surface area contributed by atoms with Crippen LogP contribution < -0.4 is 4.74 Å². The van der Waals surface area contributed by atoms with Crippen LogP contribution in [0.2, 0.25) is 0 Å². The smallest absolute Gasteiger partial charge is 0.200 e. The van der Waals surface area contributed by atoms with Crippen LogP contribution in [0.3, 0.4) is 0 Å². The highest BCUT2D eigenvalue weighted by molar-refractivity contribution is 5.35. The highest BCUT2D eigenvalue weighted by atomic mass is 19.2. The monoisotopic (exact) mass is 416 g/mol. The number of halogens is 2. The van der Waals surface area contributed by atoms with Crippen LogP contribution in [0, 0.1) is 41.2 Å². The van der Waals surface area contributed by atoms with Crippen molar-refractivity contribution in [2.24, 2.45) is 29.6 Å². The van der Waals surface area contributed by atoms with Gasteiger partial charge in [-0.3, -0.25) is 0 Å². The van der Waals surface area contributed by atoms with Gasteiger partial charge < -0.3 is 4.74 Å². The number of hydrogen-bond donors (Lipinski definition) is 0. The van der Waals surface area contributed by atoms with Gasteiger partial charge in [0.05, 0.1) is 6.61 Å². The maximum Gasteiger partial charge on any atom is 0.200 e. The van der Waals surface area contributed by atoms with Crippen LogP contribution in [-0.2, 0) is 0 Å². The van der Waals surface area contributed by atoms with E-state index in [1.54, 1.807) is 19.1 Å². The summed E-state index contributed by atoms with van der Waals surface area (Å²) in [5.41, 5.74) is 0.473. The van der Waals surface area contributed by atoms with Gasteiger partial charge >= 0.3 is 0 Å². The molecule has 0 aromatic heterocycles. The summed E-state index contributed by atoms with van der Waals surface area (Å²) in [6, 6.07) is 3.28. The van der Waals surface area contributed by atoms with Crippen LogP contribution in [0.4, 0.5) is 8.78 Å². The zero-order valence-electron chi connectivity index (χ0n) is 18.7. The van der Waals surface area contributed by atoms with E-state index in [0.717, 1.165) is 36.5 Å². The molecule has 0 amide bonds. The average molecular weight is 417 g/mol. The summed E-state index contributed by atoms with van der Waals surface area (Å²) in [4.78, 5) is 0. The van der Waals surface area contributed by atoms with E-state index in [1.807, 2.05) is 0 Å². The first-order valence-electron chi connectivity index (χ1n) is 12.4. The molecule has 0 spiro atoms.